The van der Waals surface area contributed by atoms with Gasteiger partial charge in [0.2, 0.25) is 0 Å². The third-order valence-electron chi connectivity index (χ3n) is 9.03. The molecular formula is C38H21N3O3. The SMILES string of the molecule is O=c1c2ccccc2n2c3ccc(-c4ccc5c(c4)c4ccccc4n5-c4cccc5c4oc4ccccc45)cc3c(=O)n12. The fourth-order valence-electron chi connectivity index (χ4n) is 7.08. The molecule has 4 aromatic heterocycles. The number of nitrogens with zero attached hydrogens (tertiary/aromatic N) is 3. The van der Waals surface area contributed by atoms with E-state index in [2.05, 4.69) is 71.3 Å². The Labute approximate surface area is 248 Å². The molecule has 10 rings (SSSR count). The lowest BCUT2D eigenvalue weighted by atomic mass is 10.0. The lowest BCUT2D eigenvalue weighted by molar-refractivity contribution is 0.666. The highest BCUT2D eigenvalue weighted by molar-refractivity contribution is 6.13. The number of benzene rings is 6. The second kappa shape index (κ2) is 8.24. The molecule has 0 aliphatic carbocycles. The van der Waals surface area contributed by atoms with Crippen LogP contribution in [0.4, 0.5) is 0 Å². The van der Waals surface area contributed by atoms with Crippen molar-refractivity contribution < 1.29 is 4.42 Å². The van der Waals surface area contributed by atoms with Crippen LogP contribution >= 0.6 is 0 Å². The third kappa shape index (κ3) is 2.89. The van der Waals surface area contributed by atoms with Crippen molar-refractivity contribution in [2.45, 2.75) is 0 Å². The van der Waals surface area contributed by atoms with Crippen LogP contribution in [0.5, 0.6) is 0 Å². The van der Waals surface area contributed by atoms with E-state index >= 15 is 0 Å². The predicted molar refractivity (Wildman–Crippen MR) is 177 cm³/mol. The molecule has 0 atom stereocenters. The summed E-state index contributed by atoms with van der Waals surface area (Å²) in [5, 5.41) is 5.47. The van der Waals surface area contributed by atoms with Gasteiger partial charge in [0.25, 0.3) is 11.1 Å². The van der Waals surface area contributed by atoms with Crippen molar-refractivity contribution in [1.29, 1.82) is 0 Å². The molecule has 0 unspecified atom stereocenters. The Hall–Kier alpha value is -6.14. The van der Waals surface area contributed by atoms with Crippen LogP contribution in [0.2, 0.25) is 0 Å². The number of fused-ring (bicyclic) bond motifs is 11. The monoisotopic (exact) mass is 567 g/mol. The van der Waals surface area contributed by atoms with Crippen molar-refractivity contribution in [3.8, 4) is 16.8 Å². The summed E-state index contributed by atoms with van der Waals surface area (Å²) >= 11 is 0. The maximum atomic E-state index is 13.5. The summed E-state index contributed by atoms with van der Waals surface area (Å²) in [7, 11) is 0. The van der Waals surface area contributed by atoms with Gasteiger partial charge in [0.05, 0.1) is 38.5 Å². The van der Waals surface area contributed by atoms with E-state index in [1.807, 2.05) is 54.6 Å². The molecule has 206 valence electrons. The van der Waals surface area contributed by atoms with Gasteiger partial charge in [0, 0.05) is 21.5 Å². The fourth-order valence-corrected chi connectivity index (χ4v) is 7.08. The highest BCUT2D eigenvalue weighted by Gasteiger charge is 2.20. The highest BCUT2D eigenvalue weighted by atomic mass is 16.3. The summed E-state index contributed by atoms with van der Waals surface area (Å²) in [6, 6.07) is 42.5. The normalized spacial score (nSPS) is 12.3. The summed E-state index contributed by atoms with van der Waals surface area (Å²) in [6.07, 6.45) is 0. The molecule has 0 saturated carbocycles. The van der Waals surface area contributed by atoms with Gasteiger partial charge in [0.1, 0.15) is 5.58 Å². The fraction of sp³-hybridized carbons (Fsp3) is 0. The first-order valence-electron chi connectivity index (χ1n) is 14.5. The molecule has 6 aromatic carbocycles. The van der Waals surface area contributed by atoms with Crippen LogP contribution in [0.15, 0.2) is 141 Å². The molecule has 0 aliphatic heterocycles. The van der Waals surface area contributed by atoms with Crippen molar-refractivity contribution in [3.05, 3.63) is 148 Å². The van der Waals surface area contributed by atoms with Crippen LogP contribution in [-0.4, -0.2) is 13.6 Å². The number of hydrogen-bond acceptors (Lipinski definition) is 3. The smallest absolute Gasteiger partial charge is 0.282 e. The Bertz CT molecular complexity index is 2940. The van der Waals surface area contributed by atoms with Gasteiger partial charge in [0.15, 0.2) is 5.58 Å². The van der Waals surface area contributed by atoms with Crippen molar-refractivity contribution in [2.75, 3.05) is 0 Å². The van der Waals surface area contributed by atoms with Crippen molar-refractivity contribution in [2.24, 2.45) is 0 Å². The van der Waals surface area contributed by atoms with Gasteiger partial charge in [-0.2, -0.15) is 4.52 Å². The number of hydrogen-bond donors (Lipinski definition) is 0. The maximum absolute atomic E-state index is 13.5. The van der Waals surface area contributed by atoms with E-state index in [4.69, 9.17) is 4.42 Å². The number of rotatable bonds is 2. The van der Waals surface area contributed by atoms with Crippen molar-refractivity contribution in [3.63, 3.8) is 0 Å². The molecule has 0 amide bonds. The molecule has 0 bridgehead atoms. The van der Waals surface area contributed by atoms with E-state index in [9.17, 15) is 9.59 Å². The van der Waals surface area contributed by atoms with Gasteiger partial charge in [-0.1, -0.05) is 72.8 Å². The highest BCUT2D eigenvalue weighted by Crippen LogP contribution is 2.39. The van der Waals surface area contributed by atoms with E-state index in [1.165, 1.54) is 4.52 Å². The maximum Gasteiger partial charge on any atom is 0.282 e. The molecule has 0 spiro atoms. The zero-order valence-corrected chi connectivity index (χ0v) is 23.2. The second-order valence-corrected chi connectivity index (χ2v) is 11.3. The lowest BCUT2D eigenvalue weighted by Crippen LogP contribution is -2.21. The van der Waals surface area contributed by atoms with Crippen molar-refractivity contribution in [1.82, 2.24) is 13.6 Å². The predicted octanol–water partition coefficient (Wildman–Crippen LogP) is 8.17. The number of para-hydroxylation sites is 4. The van der Waals surface area contributed by atoms with Gasteiger partial charge in [-0.3, -0.25) is 9.59 Å². The Balaban J connectivity index is 1.21. The number of aromatic nitrogens is 3. The van der Waals surface area contributed by atoms with E-state index < -0.39 is 0 Å². The van der Waals surface area contributed by atoms with Crippen LogP contribution in [0.3, 0.4) is 0 Å². The van der Waals surface area contributed by atoms with E-state index in [0.717, 1.165) is 66.1 Å². The minimum absolute atomic E-state index is 0.294. The molecule has 0 radical (unpaired) electrons. The summed E-state index contributed by atoms with van der Waals surface area (Å²) in [6.45, 7) is 0. The van der Waals surface area contributed by atoms with Gasteiger partial charge in [-0.25, -0.2) is 4.52 Å². The van der Waals surface area contributed by atoms with Crippen LogP contribution < -0.4 is 11.1 Å². The minimum atomic E-state index is -0.306. The molecule has 10 aromatic rings. The van der Waals surface area contributed by atoms with E-state index in [-0.39, 0.29) is 11.1 Å². The molecule has 0 aliphatic rings. The zero-order valence-electron chi connectivity index (χ0n) is 23.2. The lowest BCUT2D eigenvalue weighted by Gasteiger charge is -2.09. The number of furan rings is 1. The average molecular weight is 568 g/mol. The topological polar surface area (TPSA) is 61.0 Å². The van der Waals surface area contributed by atoms with Crippen LogP contribution in [0.1, 0.15) is 0 Å². The van der Waals surface area contributed by atoms with E-state index in [1.54, 1.807) is 10.6 Å². The van der Waals surface area contributed by atoms with Gasteiger partial charge >= 0.3 is 0 Å². The summed E-state index contributed by atoms with van der Waals surface area (Å²) < 4.78 is 11.7. The third-order valence-corrected chi connectivity index (χ3v) is 9.03. The Morgan fingerprint density at radius 3 is 1.86 bits per heavy atom. The molecule has 6 nitrogen and oxygen atoms in total. The quantitative estimate of drug-likeness (QED) is 0.212. The largest absolute Gasteiger partial charge is 0.454 e. The van der Waals surface area contributed by atoms with Gasteiger partial charge in [-0.05, 0) is 65.7 Å². The van der Waals surface area contributed by atoms with Crippen LogP contribution in [0.25, 0.3) is 82.4 Å². The molecule has 0 saturated heterocycles. The summed E-state index contributed by atoms with van der Waals surface area (Å²) in [5.41, 5.74) is 7.61. The minimum Gasteiger partial charge on any atom is -0.454 e. The molecule has 0 fully saturated rings. The van der Waals surface area contributed by atoms with Gasteiger partial charge in [-0.15, -0.1) is 0 Å². The molecule has 44 heavy (non-hydrogen) atoms. The zero-order chi connectivity index (χ0) is 29.1. The first-order valence-corrected chi connectivity index (χ1v) is 14.5. The molecule has 4 heterocycles. The van der Waals surface area contributed by atoms with Crippen LogP contribution in [0, 0.1) is 0 Å². The Morgan fingerprint density at radius 1 is 0.432 bits per heavy atom. The Kier molecular flexibility index (Phi) is 4.39. The molecule has 0 N–H and O–H groups in total. The first-order chi connectivity index (χ1) is 21.7. The van der Waals surface area contributed by atoms with E-state index in [0.29, 0.717) is 16.3 Å². The Morgan fingerprint density at radius 2 is 1.02 bits per heavy atom. The summed E-state index contributed by atoms with van der Waals surface area (Å²) in [5.74, 6) is 0. The van der Waals surface area contributed by atoms with Crippen molar-refractivity contribution >= 4 is 65.6 Å². The first kappa shape index (κ1) is 23.4. The second-order valence-electron chi connectivity index (χ2n) is 11.3. The standard InChI is InChI=1S/C38H21N3O3/c42-37-27-10-2-5-13-32(27)40-33-19-17-23(21-29(33)38(43)41(37)40)22-16-18-31-28(20-22)24-8-1-4-12-30(24)39(31)34-14-7-11-26-25-9-3-6-15-35(25)44-36(26)34/h1-21H. The summed E-state index contributed by atoms with van der Waals surface area (Å²) in [4.78, 5) is 26.6. The van der Waals surface area contributed by atoms with Gasteiger partial charge < -0.3 is 8.98 Å². The molecule has 6 heteroatoms. The molecular weight excluding hydrogens is 546 g/mol. The van der Waals surface area contributed by atoms with Crippen LogP contribution in [-0.2, 0) is 0 Å². The average Bonchev–Trinajstić information content (AvgIpc) is 3.78.